The average molecular weight is 495 g/mol. The van der Waals surface area contributed by atoms with Gasteiger partial charge in [-0.3, -0.25) is 14.9 Å². The maximum absolute atomic E-state index is 12.9. The van der Waals surface area contributed by atoms with Gasteiger partial charge in [-0.15, -0.1) is 0 Å². The van der Waals surface area contributed by atoms with Gasteiger partial charge in [-0.2, -0.15) is 0 Å². The Morgan fingerprint density at radius 2 is 1.91 bits per heavy atom. The minimum atomic E-state index is -0.221. The van der Waals surface area contributed by atoms with Gasteiger partial charge in [0.1, 0.15) is 11.3 Å². The lowest BCUT2D eigenvalue weighted by Gasteiger charge is -2.29. The number of ether oxygens (including phenoxy) is 2. The van der Waals surface area contributed by atoms with Crippen molar-refractivity contribution >= 4 is 44.2 Å². The van der Waals surface area contributed by atoms with Gasteiger partial charge in [-0.25, -0.2) is 4.98 Å². The molecule has 2 heterocycles. The fourth-order valence-electron chi connectivity index (χ4n) is 4.49. The molecule has 0 atom stereocenters. The molecule has 2 aliphatic rings. The van der Waals surface area contributed by atoms with E-state index in [1.807, 2.05) is 31.3 Å². The second-order valence-electron chi connectivity index (χ2n) is 9.06. The van der Waals surface area contributed by atoms with Gasteiger partial charge >= 0.3 is 0 Å². The largest absolute Gasteiger partial charge is 0.494 e. The van der Waals surface area contributed by atoms with Crippen molar-refractivity contribution in [1.82, 2.24) is 9.88 Å². The molecule has 9 heteroatoms. The molecule has 0 spiro atoms. The molecule has 0 radical (unpaired) electrons. The number of benzene rings is 2. The van der Waals surface area contributed by atoms with E-state index in [2.05, 4.69) is 15.2 Å². The Labute approximate surface area is 208 Å². The molecule has 1 aliphatic carbocycles. The molecular weight excluding hydrogens is 464 g/mol. The first-order valence-corrected chi connectivity index (χ1v) is 12.8. The molecule has 1 N–H and O–H groups in total. The van der Waals surface area contributed by atoms with Crippen LogP contribution in [0, 0.1) is 5.92 Å². The maximum Gasteiger partial charge on any atom is 0.257 e. The van der Waals surface area contributed by atoms with Gasteiger partial charge in [0.05, 0.1) is 30.7 Å². The fraction of sp³-hybridized carbons (Fsp3) is 0.423. The summed E-state index contributed by atoms with van der Waals surface area (Å²) in [5, 5.41) is 3.47. The number of morpholine rings is 1. The number of aromatic nitrogens is 1. The Hall–Kier alpha value is -3.17. The highest BCUT2D eigenvalue weighted by Crippen LogP contribution is 2.39. The summed E-state index contributed by atoms with van der Waals surface area (Å²) in [4.78, 5) is 34.1. The molecule has 1 saturated heterocycles. The summed E-state index contributed by atoms with van der Waals surface area (Å²) in [7, 11) is 3.47. The standard InChI is InChI=1S/C26H30N4O4S/c1-29(25(32)19-4-3-5-19)16-17-6-8-18(9-7-17)24(31)28-26-27-22-21(33-2)11-10-20(23(22)35-26)30-12-14-34-15-13-30/h6-11,19H,3-5,12-16H2,1-2H3,(H,27,28,31). The van der Waals surface area contributed by atoms with Crippen LogP contribution in [0.4, 0.5) is 10.8 Å². The number of amides is 2. The monoisotopic (exact) mass is 494 g/mol. The van der Waals surface area contributed by atoms with E-state index in [0.717, 1.165) is 53.8 Å². The SMILES string of the molecule is COc1ccc(N2CCOCC2)c2sc(NC(=O)c3ccc(CN(C)C(=O)C4CCC4)cc3)nc12. The first-order chi connectivity index (χ1) is 17.0. The van der Waals surface area contributed by atoms with Crippen LogP contribution >= 0.6 is 11.3 Å². The molecule has 8 nitrogen and oxygen atoms in total. The highest BCUT2D eigenvalue weighted by Gasteiger charge is 2.27. The lowest BCUT2D eigenvalue weighted by Crippen LogP contribution is -2.36. The van der Waals surface area contributed by atoms with Crippen molar-refractivity contribution in [3.05, 3.63) is 47.5 Å². The zero-order valence-electron chi connectivity index (χ0n) is 20.1. The molecule has 2 aromatic carbocycles. The van der Waals surface area contributed by atoms with Crippen molar-refractivity contribution in [3.8, 4) is 5.75 Å². The first kappa shape index (κ1) is 23.6. The molecule has 1 aromatic heterocycles. The number of hydrogen-bond acceptors (Lipinski definition) is 7. The van der Waals surface area contributed by atoms with Gasteiger partial charge in [-0.1, -0.05) is 29.9 Å². The van der Waals surface area contributed by atoms with Crippen molar-refractivity contribution in [2.75, 3.05) is 50.7 Å². The van der Waals surface area contributed by atoms with Crippen LogP contribution in [0.1, 0.15) is 35.2 Å². The van der Waals surface area contributed by atoms with Gasteiger partial charge in [0.2, 0.25) is 5.91 Å². The number of hydrogen-bond donors (Lipinski definition) is 1. The molecule has 1 saturated carbocycles. The lowest BCUT2D eigenvalue weighted by atomic mass is 9.84. The highest BCUT2D eigenvalue weighted by atomic mass is 32.1. The summed E-state index contributed by atoms with van der Waals surface area (Å²) in [5.74, 6) is 0.849. The van der Waals surface area contributed by atoms with E-state index in [1.165, 1.54) is 11.3 Å². The third-order valence-electron chi connectivity index (χ3n) is 6.74. The van der Waals surface area contributed by atoms with Gasteiger partial charge in [0.25, 0.3) is 5.91 Å². The number of fused-ring (bicyclic) bond motifs is 1. The number of anilines is 2. The number of carbonyl (C=O) groups is 2. The molecule has 0 bridgehead atoms. The van der Waals surface area contributed by atoms with Crippen LogP contribution in [0.5, 0.6) is 5.75 Å². The second-order valence-corrected chi connectivity index (χ2v) is 10.1. The molecular formula is C26H30N4O4S. The minimum absolute atomic E-state index is 0.182. The Kier molecular flexibility index (Phi) is 6.88. The van der Waals surface area contributed by atoms with Gasteiger partial charge in [0, 0.05) is 38.2 Å². The zero-order chi connectivity index (χ0) is 24.4. The molecule has 0 unspecified atom stereocenters. The topological polar surface area (TPSA) is 84.0 Å². The number of nitrogens with one attached hydrogen (secondary N) is 1. The van der Waals surface area contributed by atoms with Crippen LogP contribution in [0.25, 0.3) is 10.2 Å². The molecule has 184 valence electrons. The molecule has 2 amide bonds. The quantitative estimate of drug-likeness (QED) is 0.531. The van der Waals surface area contributed by atoms with Crippen molar-refractivity contribution < 1.29 is 19.1 Å². The number of carbonyl (C=O) groups excluding carboxylic acids is 2. The Morgan fingerprint density at radius 1 is 1.17 bits per heavy atom. The molecule has 35 heavy (non-hydrogen) atoms. The number of thiazole rings is 1. The van der Waals surface area contributed by atoms with Crippen molar-refractivity contribution in [2.45, 2.75) is 25.8 Å². The summed E-state index contributed by atoms with van der Waals surface area (Å²) in [5.41, 5.74) is 3.36. The third kappa shape index (κ3) is 4.97. The van der Waals surface area contributed by atoms with E-state index in [-0.39, 0.29) is 17.7 Å². The number of nitrogens with zero attached hydrogens (tertiary/aromatic N) is 3. The van der Waals surface area contributed by atoms with Gasteiger partial charge in [0.15, 0.2) is 5.13 Å². The second kappa shape index (κ2) is 10.2. The smallest absolute Gasteiger partial charge is 0.257 e. The van der Waals surface area contributed by atoms with E-state index < -0.39 is 0 Å². The maximum atomic E-state index is 12.9. The van der Waals surface area contributed by atoms with Crippen LogP contribution in [-0.2, 0) is 16.1 Å². The average Bonchev–Trinajstić information content (AvgIpc) is 3.26. The predicted molar refractivity (Wildman–Crippen MR) is 137 cm³/mol. The van der Waals surface area contributed by atoms with Crippen molar-refractivity contribution in [2.24, 2.45) is 5.92 Å². The summed E-state index contributed by atoms with van der Waals surface area (Å²) in [6.45, 7) is 3.55. The predicted octanol–water partition coefficient (Wildman–Crippen LogP) is 4.15. The molecule has 5 rings (SSSR count). The highest BCUT2D eigenvalue weighted by molar-refractivity contribution is 7.23. The van der Waals surface area contributed by atoms with Crippen LogP contribution in [-0.4, -0.2) is 62.2 Å². The summed E-state index contributed by atoms with van der Waals surface area (Å²) in [6.07, 6.45) is 3.13. The Morgan fingerprint density at radius 3 is 2.57 bits per heavy atom. The number of rotatable bonds is 7. The van der Waals surface area contributed by atoms with Crippen LogP contribution in [0.2, 0.25) is 0 Å². The summed E-state index contributed by atoms with van der Waals surface area (Å²) >= 11 is 1.45. The van der Waals surface area contributed by atoms with E-state index in [0.29, 0.717) is 36.2 Å². The molecule has 3 aromatic rings. The lowest BCUT2D eigenvalue weighted by molar-refractivity contribution is -0.137. The summed E-state index contributed by atoms with van der Waals surface area (Å²) in [6, 6.07) is 11.3. The van der Waals surface area contributed by atoms with Crippen molar-refractivity contribution in [3.63, 3.8) is 0 Å². The third-order valence-corrected chi connectivity index (χ3v) is 7.74. The minimum Gasteiger partial charge on any atom is -0.494 e. The molecule has 1 aliphatic heterocycles. The van der Waals surface area contributed by atoms with Crippen LogP contribution < -0.4 is 15.0 Å². The Balaban J connectivity index is 1.29. The molecule has 2 fully saturated rings. The van der Waals surface area contributed by atoms with E-state index >= 15 is 0 Å². The van der Waals surface area contributed by atoms with Gasteiger partial charge < -0.3 is 19.3 Å². The Bertz CT molecular complexity index is 1220. The van der Waals surface area contributed by atoms with Crippen LogP contribution in [0.3, 0.4) is 0 Å². The fourth-order valence-corrected chi connectivity index (χ4v) is 5.51. The van der Waals surface area contributed by atoms with E-state index in [1.54, 1.807) is 24.1 Å². The summed E-state index contributed by atoms with van der Waals surface area (Å²) < 4.78 is 12.0. The zero-order valence-corrected chi connectivity index (χ0v) is 20.9. The van der Waals surface area contributed by atoms with Gasteiger partial charge in [-0.05, 0) is 42.7 Å². The van der Waals surface area contributed by atoms with Crippen molar-refractivity contribution in [1.29, 1.82) is 0 Å². The number of methoxy groups -OCH3 is 1. The van der Waals surface area contributed by atoms with E-state index in [9.17, 15) is 9.59 Å². The van der Waals surface area contributed by atoms with Crippen LogP contribution in [0.15, 0.2) is 36.4 Å². The first-order valence-electron chi connectivity index (χ1n) is 12.0. The normalized spacial score (nSPS) is 16.1. The van der Waals surface area contributed by atoms with E-state index in [4.69, 9.17) is 9.47 Å².